The molecule has 14 aromatic carbocycles. The van der Waals surface area contributed by atoms with Crippen LogP contribution in [-0.4, -0.2) is 4.57 Å². The average Bonchev–Trinajstić information content (AvgIpc) is 1.92. The summed E-state index contributed by atoms with van der Waals surface area (Å²) >= 11 is 3.84. The lowest BCUT2D eigenvalue weighted by Crippen LogP contribution is -2.03. The van der Waals surface area contributed by atoms with Crippen LogP contribution >= 0.6 is 22.7 Å². The molecule has 1 aliphatic carbocycles. The van der Waals surface area contributed by atoms with Crippen LogP contribution in [0, 0.1) is 0 Å². The number of rotatable bonds is 9. The zero-order chi connectivity index (χ0) is 58.5. The van der Waals surface area contributed by atoms with Gasteiger partial charge < -0.3 is 4.57 Å². The van der Waals surface area contributed by atoms with Crippen molar-refractivity contribution in [1.82, 2.24) is 4.57 Å². The van der Waals surface area contributed by atoms with Crippen molar-refractivity contribution in [3.8, 4) is 83.6 Å². The van der Waals surface area contributed by atoms with Gasteiger partial charge in [-0.15, -0.1) is 22.7 Å². The van der Waals surface area contributed by atoms with Crippen LogP contribution in [0.25, 0.3) is 163 Å². The van der Waals surface area contributed by atoms with Crippen LogP contribution in [0.2, 0.25) is 0 Å². The standard InChI is InChI=1S/C86H55NS2/c1-6-20-54(21-7-1)60-38-44-81-75(46-60)77-50-64(56-24-10-3-11-25-56)48-73(85(77)88-81)62-36-42-67-68-43-37-63(74-49-65(57-26-12-4-13-27-57)51-78-76-47-61(55-22-8-2-9-23-55)39-45-82(76)89-86(74)78)53-80(68)87(79(67)52-62)66-40-34-59(35-41-66)84-71-32-18-16-30-69(71)83(58-28-14-5-15-29-58)70-31-17-19-33-72(70)84/h1-46,48-53,61H,47H2. The van der Waals surface area contributed by atoms with Gasteiger partial charge in [0.05, 0.1) is 11.0 Å². The number of nitrogens with zero attached hydrogens (tertiary/aromatic N) is 1. The summed E-state index contributed by atoms with van der Waals surface area (Å²) in [5, 5.41) is 11.4. The van der Waals surface area contributed by atoms with Crippen molar-refractivity contribution < 1.29 is 0 Å². The second kappa shape index (κ2) is 21.0. The summed E-state index contributed by atoms with van der Waals surface area (Å²) in [6.45, 7) is 0. The smallest absolute Gasteiger partial charge is 0.0547 e. The fourth-order valence-corrected chi connectivity index (χ4v) is 17.0. The summed E-state index contributed by atoms with van der Waals surface area (Å²) in [6.07, 6.45) is 5.78. The summed E-state index contributed by atoms with van der Waals surface area (Å²) < 4.78 is 6.47. The highest BCUT2D eigenvalue weighted by Crippen LogP contribution is 2.50. The van der Waals surface area contributed by atoms with Crippen molar-refractivity contribution in [1.29, 1.82) is 0 Å². The highest BCUT2D eigenvalue weighted by molar-refractivity contribution is 7.26. The number of hydrogen-bond donors (Lipinski definition) is 0. The molecule has 3 aromatic heterocycles. The van der Waals surface area contributed by atoms with E-state index in [1.165, 1.54) is 168 Å². The third-order valence-electron chi connectivity index (χ3n) is 18.7. The molecule has 17 aromatic rings. The molecule has 1 atom stereocenters. The number of aromatic nitrogens is 1. The molecule has 1 aliphatic rings. The maximum atomic E-state index is 2.55. The fourth-order valence-electron chi connectivity index (χ4n) is 14.5. The largest absolute Gasteiger partial charge is 0.309 e. The zero-order valence-electron chi connectivity index (χ0n) is 48.6. The van der Waals surface area contributed by atoms with Crippen LogP contribution in [0.3, 0.4) is 0 Å². The number of hydrogen-bond acceptors (Lipinski definition) is 2. The Bertz CT molecular complexity index is 5600. The van der Waals surface area contributed by atoms with Gasteiger partial charge in [-0.3, -0.25) is 0 Å². The molecule has 0 amide bonds. The SMILES string of the molecule is C1=CC(c2ccccc2)Cc2c1sc1c(-c3ccc4c5ccc(-c6cc(-c7ccccc7)cc7c6sc6ccc(-c8ccccc8)cc67)cc5n(-c5ccc(-c6c7ccccc7c(-c7ccccc7)c7ccccc67)cc5)c4c3)cc(-c3ccccc3)cc21. The Labute approximate surface area is 524 Å². The van der Waals surface area contributed by atoms with E-state index in [0.29, 0.717) is 5.92 Å². The molecule has 1 nitrogen and oxygen atoms in total. The second-order valence-corrected chi connectivity index (χ2v) is 25.9. The van der Waals surface area contributed by atoms with Gasteiger partial charge in [0.25, 0.3) is 0 Å². The molecular weight excluding hydrogens is 1110 g/mol. The molecule has 0 bridgehead atoms. The molecule has 0 radical (unpaired) electrons. The van der Waals surface area contributed by atoms with Crippen molar-refractivity contribution in [3.05, 3.63) is 325 Å². The Morgan fingerprint density at radius 2 is 0.719 bits per heavy atom. The van der Waals surface area contributed by atoms with E-state index < -0.39 is 0 Å². The van der Waals surface area contributed by atoms with E-state index in [1.807, 2.05) is 22.7 Å². The quantitative estimate of drug-likeness (QED) is 0.127. The lowest BCUT2D eigenvalue weighted by atomic mass is 9.86. The molecule has 1 unspecified atom stereocenters. The van der Waals surface area contributed by atoms with Crippen molar-refractivity contribution in [3.63, 3.8) is 0 Å². The highest BCUT2D eigenvalue weighted by atomic mass is 32.1. The van der Waals surface area contributed by atoms with E-state index in [4.69, 9.17) is 0 Å². The number of benzene rings is 14. The molecular formula is C86H55NS2. The van der Waals surface area contributed by atoms with Crippen molar-refractivity contribution in [2.45, 2.75) is 12.3 Å². The van der Waals surface area contributed by atoms with E-state index in [0.717, 1.165) is 12.1 Å². The molecule has 0 spiro atoms. The minimum absolute atomic E-state index is 0.322. The lowest BCUT2D eigenvalue weighted by Gasteiger charge is -2.18. The van der Waals surface area contributed by atoms with Crippen LogP contribution in [0.4, 0.5) is 0 Å². The van der Waals surface area contributed by atoms with Gasteiger partial charge in [0.2, 0.25) is 0 Å². The van der Waals surface area contributed by atoms with Crippen molar-refractivity contribution >= 4 is 102 Å². The average molecular weight is 1170 g/mol. The summed E-state index contributed by atoms with van der Waals surface area (Å²) in [7, 11) is 0. The maximum absolute atomic E-state index is 2.55. The van der Waals surface area contributed by atoms with E-state index in [-0.39, 0.29) is 0 Å². The molecule has 416 valence electrons. The van der Waals surface area contributed by atoms with E-state index in [9.17, 15) is 0 Å². The van der Waals surface area contributed by atoms with Crippen molar-refractivity contribution in [2.75, 3.05) is 0 Å². The van der Waals surface area contributed by atoms with Gasteiger partial charge in [0, 0.05) is 63.3 Å². The topological polar surface area (TPSA) is 4.93 Å². The Morgan fingerprint density at radius 3 is 1.26 bits per heavy atom. The number of allylic oxidation sites excluding steroid dienone is 1. The Morgan fingerprint density at radius 1 is 0.292 bits per heavy atom. The molecule has 0 aliphatic heterocycles. The van der Waals surface area contributed by atoms with E-state index >= 15 is 0 Å². The predicted octanol–water partition coefficient (Wildman–Crippen LogP) is 24.7. The Hall–Kier alpha value is -10.7. The summed E-state index contributed by atoms with van der Waals surface area (Å²) in [6, 6.07) is 113. The molecule has 3 heterocycles. The van der Waals surface area contributed by atoms with Gasteiger partial charge in [-0.05, 0) is 178 Å². The normalized spacial score (nSPS) is 13.2. The van der Waals surface area contributed by atoms with Gasteiger partial charge in [0.15, 0.2) is 0 Å². The molecule has 18 rings (SSSR count). The predicted molar refractivity (Wildman–Crippen MR) is 384 cm³/mol. The monoisotopic (exact) mass is 1170 g/mol. The van der Waals surface area contributed by atoms with Gasteiger partial charge in [-0.1, -0.05) is 249 Å². The first-order valence-corrected chi connectivity index (χ1v) is 32.4. The molecule has 0 fully saturated rings. The third-order valence-corrected chi connectivity index (χ3v) is 21.2. The molecule has 0 saturated carbocycles. The lowest BCUT2D eigenvalue weighted by molar-refractivity contribution is 0.837. The van der Waals surface area contributed by atoms with Gasteiger partial charge in [-0.25, -0.2) is 0 Å². The number of fused-ring (bicyclic) bond motifs is 11. The first kappa shape index (κ1) is 51.5. The minimum Gasteiger partial charge on any atom is -0.309 e. The van der Waals surface area contributed by atoms with Crippen LogP contribution in [0.1, 0.15) is 21.9 Å². The summed E-state index contributed by atoms with van der Waals surface area (Å²) in [5.41, 5.74) is 23.4. The third kappa shape index (κ3) is 8.64. The van der Waals surface area contributed by atoms with Gasteiger partial charge >= 0.3 is 0 Å². The Balaban J connectivity index is 0.865. The van der Waals surface area contributed by atoms with Crippen molar-refractivity contribution in [2.24, 2.45) is 0 Å². The van der Waals surface area contributed by atoms with Crippen LogP contribution in [0.15, 0.2) is 309 Å². The van der Waals surface area contributed by atoms with Crippen LogP contribution < -0.4 is 0 Å². The minimum atomic E-state index is 0.322. The molecule has 3 heteroatoms. The van der Waals surface area contributed by atoms with Crippen LogP contribution in [0.5, 0.6) is 0 Å². The van der Waals surface area contributed by atoms with E-state index in [2.05, 4.69) is 320 Å². The first-order valence-electron chi connectivity index (χ1n) is 30.8. The highest BCUT2D eigenvalue weighted by Gasteiger charge is 2.25. The van der Waals surface area contributed by atoms with E-state index in [1.54, 1.807) is 0 Å². The number of thiophene rings is 2. The first-order chi connectivity index (χ1) is 44.1. The van der Waals surface area contributed by atoms with Gasteiger partial charge in [-0.2, -0.15) is 0 Å². The molecule has 0 N–H and O–H groups in total. The molecule has 89 heavy (non-hydrogen) atoms. The van der Waals surface area contributed by atoms with Crippen LogP contribution in [-0.2, 0) is 6.42 Å². The van der Waals surface area contributed by atoms with Gasteiger partial charge in [0.1, 0.15) is 0 Å². The summed E-state index contributed by atoms with van der Waals surface area (Å²) in [4.78, 5) is 1.36. The summed E-state index contributed by atoms with van der Waals surface area (Å²) in [5.74, 6) is 0.322. The Kier molecular flexibility index (Phi) is 12.2. The zero-order valence-corrected chi connectivity index (χ0v) is 50.2. The maximum Gasteiger partial charge on any atom is 0.0547 e. The fraction of sp³-hybridized carbons (Fsp3) is 0.0233. The molecule has 0 saturated heterocycles. The second-order valence-electron chi connectivity index (χ2n) is 23.8.